The monoisotopic (exact) mass is 409 g/mol. The zero-order valence-electron chi connectivity index (χ0n) is 17.2. The van der Waals surface area contributed by atoms with E-state index in [0.29, 0.717) is 0 Å². The van der Waals surface area contributed by atoms with Crippen LogP contribution in [0.1, 0.15) is 18.5 Å². The average Bonchev–Trinajstić information content (AvgIpc) is 3.32. The highest BCUT2D eigenvalue weighted by Crippen LogP contribution is 2.51. The molecular formula is C26H23N3O2. The van der Waals surface area contributed by atoms with Gasteiger partial charge in [0.1, 0.15) is 5.75 Å². The van der Waals surface area contributed by atoms with Crippen molar-refractivity contribution in [2.45, 2.75) is 31.2 Å². The molecular weight excluding hydrogens is 386 g/mol. The van der Waals surface area contributed by atoms with Gasteiger partial charge >= 0.3 is 0 Å². The van der Waals surface area contributed by atoms with Crippen molar-refractivity contribution >= 4 is 17.3 Å². The molecule has 31 heavy (non-hydrogen) atoms. The van der Waals surface area contributed by atoms with E-state index >= 15 is 0 Å². The van der Waals surface area contributed by atoms with Gasteiger partial charge in [-0.1, -0.05) is 66.7 Å². The van der Waals surface area contributed by atoms with Crippen LogP contribution in [-0.4, -0.2) is 34.7 Å². The van der Waals surface area contributed by atoms with Crippen molar-refractivity contribution in [2.24, 2.45) is 11.0 Å². The molecule has 0 saturated carbocycles. The van der Waals surface area contributed by atoms with Gasteiger partial charge in [0, 0.05) is 0 Å². The molecule has 3 heterocycles. The number of hydrazone groups is 1. The highest BCUT2D eigenvalue weighted by Gasteiger charge is 2.66. The van der Waals surface area contributed by atoms with Gasteiger partial charge in [-0.3, -0.25) is 9.80 Å². The molecule has 0 aliphatic carbocycles. The fraction of sp³-hybridized carbons (Fsp3) is 0.231. The summed E-state index contributed by atoms with van der Waals surface area (Å²) in [6, 6.07) is 30.3. The fourth-order valence-corrected chi connectivity index (χ4v) is 5.31. The second-order valence-corrected chi connectivity index (χ2v) is 8.35. The molecule has 0 unspecified atom stereocenters. The number of β-lactam (4-membered cyclic amide) rings is 1. The minimum Gasteiger partial charge on any atom is -0.478 e. The van der Waals surface area contributed by atoms with E-state index in [1.807, 2.05) is 59.5 Å². The van der Waals surface area contributed by atoms with Crippen LogP contribution < -0.4 is 9.75 Å². The van der Waals surface area contributed by atoms with Gasteiger partial charge in [0.05, 0.1) is 35.4 Å². The Balaban J connectivity index is 1.41. The van der Waals surface area contributed by atoms with Crippen LogP contribution in [-0.2, 0) is 4.79 Å². The Morgan fingerprint density at radius 1 is 0.839 bits per heavy atom. The quantitative estimate of drug-likeness (QED) is 0.604. The molecule has 0 radical (unpaired) electrons. The maximum Gasteiger partial charge on any atom is 0.266 e. The van der Waals surface area contributed by atoms with Gasteiger partial charge in [0.2, 0.25) is 0 Å². The summed E-state index contributed by atoms with van der Waals surface area (Å²) in [7, 11) is 0. The molecule has 5 heteroatoms. The highest BCUT2D eigenvalue weighted by atomic mass is 16.5. The Morgan fingerprint density at radius 3 is 2.13 bits per heavy atom. The zero-order chi connectivity index (χ0) is 20.9. The van der Waals surface area contributed by atoms with E-state index in [9.17, 15) is 4.79 Å². The Labute approximate surface area is 181 Å². The van der Waals surface area contributed by atoms with Crippen LogP contribution in [0.5, 0.6) is 5.75 Å². The van der Waals surface area contributed by atoms with E-state index in [2.05, 4.69) is 48.3 Å². The number of nitrogens with zero attached hydrogens (tertiary/aromatic N) is 3. The van der Waals surface area contributed by atoms with Gasteiger partial charge in [-0.15, -0.1) is 0 Å². The first-order valence-corrected chi connectivity index (χ1v) is 10.8. The Kier molecular flexibility index (Phi) is 4.10. The van der Waals surface area contributed by atoms with Crippen molar-refractivity contribution in [3.05, 3.63) is 96.6 Å². The third kappa shape index (κ3) is 2.69. The van der Waals surface area contributed by atoms with Crippen molar-refractivity contribution in [1.82, 2.24) is 4.90 Å². The number of fused-ring (bicyclic) bond motifs is 3. The van der Waals surface area contributed by atoms with E-state index in [-0.39, 0.29) is 30.0 Å². The Bertz CT molecular complexity index is 1130. The summed E-state index contributed by atoms with van der Waals surface area (Å²) in [4.78, 5) is 15.0. The van der Waals surface area contributed by atoms with Gasteiger partial charge in [-0.05, 0) is 36.8 Å². The predicted octanol–water partition coefficient (Wildman–Crippen LogP) is 4.28. The van der Waals surface area contributed by atoms with Crippen molar-refractivity contribution in [2.75, 3.05) is 5.01 Å². The fourth-order valence-electron chi connectivity index (χ4n) is 5.31. The van der Waals surface area contributed by atoms with Crippen LogP contribution in [0, 0.1) is 5.92 Å². The Morgan fingerprint density at radius 2 is 1.45 bits per heavy atom. The number of hydrogen-bond donors (Lipinski definition) is 0. The number of anilines is 1. The lowest BCUT2D eigenvalue weighted by Crippen LogP contribution is -2.68. The molecule has 0 aromatic heterocycles. The number of ether oxygens (including phenoxy) is 1. The minimum absolute atomic E-state index is 0.0195. The van der Waals surface area contributed by atoms with Crippen LogP contribution in [0.4, 0.5) is 5.69 Å². The molecule has 1 amide bonds. The van der Waals surface area contributed by atoms with E-state index in [0.717, 1.165) is 17.1 Å². The number of amides is 1. The van der Waals surface area contributed by atoms with E-state index in [1.165, 1.54) is 5.56 Å². The predicted molar refractivity (Wildman–Crippen MR) is 120 cm³/mol. The second-order valence-electron chi connectivity index (χ2n) is 8.35. The summed E-state index contributed by atoms with van der Waals surface area (Å²) in [6.07, 6.45) is -0.482. The lowest BCUT2D eigenvalue weighted by atomic mass is 9.81. The third-order valence-corrected chi connectivity index (χ3v) is 6.68. The molecule has 0 N–H and O–H groups in total. The van der Waals surface area contributed by atoms with Crippen LogP contribution in [0.2, 0.25) is 0 Å². The summed E-state index contributed by atoms with van der Waals surface area (Å²) in [6.45, 7) is 2.08. The average molecular weight is 409 g/mol. The van der Waals surface area contributed by atoms with Crippen molar-refractivity contribution in [3.63, 3.8) is 0 Å². The number of carbonyl (C=O) groups excluding carboxylic acids is 1. The number of carbonyl (C=O) groups is 1. The molecule has 5 atom stereocenters. The van der Waals surface area contributed by atoms with Crippen molar-refractivity contribution < 1.29 is 9.53 Å². The molecule has 0 spiro atoms. The largest absolute Gasteiger partial charge is 0.478 e. The van der Waals surface area contributed by atoms with Gasteiger partial charge in [-0.25, -0.2) is 0 Å². The van der Waals surface area contributed by atoms with Crippen LogP contribution in [0.3, 0.4) is 0 Å². The first kappa shape index (κ1) is 18.2. The number of para-hydroxylation sites is 2. The molecule has 3 aromatic rings. The maximum atomic E-state index is 13.0. The van der Waals surface area contributed by atoms with Gasteiger partial charge < -0.3 is 9.64 Å². The number of hydrogen-bond acceptors (Lipinski definition) is 4. The van der Waals surface area contributed by atoms with Gasteiger partial charge in [-0.2, -0.15) is 5.10 Å². The normalized spacial score (nSPS) is 28.6. The summed E-state index contributed by atoms with van der Waals surface area (Å²) in [5.41, 5.74) is 3.32. The molecule has 3 aliphatic heterocycles. The first-order valence-electron chi connectivity index (χ1n) is 10.8. The van der Waals surface area contributed by atoms with Gasteiger partial charge in [0.15, 0.2) is 6.10 Å². The van der Waals surface area contributed by atoms with Crippen LogP contribution in [0.25, 0.3) is 0 Å². The minimum atomic E-state index is -0.482. The highest BCUT2D eigenvalue weighted by molar-refractivity contribution is 6.06. The van der Waals surface area contributed by atoms with Crippen molar-refractivity contribution in [3.8, 4) is 5.75 Å². The van der Waals surface area contributed by atoms with E-state index in [4.69, 9.17) is 9.84 Å². The summed E-state index contributed by atoms with van der Waals surface area (Å²) >= 11 is 0. The molecule has 3 aliphatic rings. The van der Waals surface area contributed by atoms with Gasteiger partial charge in [0.25, 0.3) is 5.91 Å². The second kappa shape index (κ2) is 6.98. The smallest absolute Gasteiger partial charge is 0.266 e. The molecule has 0 bridgehead atoms. The van der Waals surface area contributed by atoms with E-state index < -0.39 is 6.10 Å². The summed E-state index contributed by atoms with van der Waals surface area (Å²) in [5.74, 6) is 0.869. The van der Waals surface area contributed by atoms with Crippen LogP contribution >= 0.6 is 0 Å². The molecule has 154 valence electrons. The van der Waals surface area contributed by atoms with Crippen molar-refractivity contribution in [1.29, 1.82) is 0 Å². The summed E-state index contributed by atoms with van der Waals surface area (Å²) < 4.78 is 6.19. The first-order chi connectivity index (χ1) is 15.2. The molecule has 2 fully saturated rings. The number of benzene rings is 3. The topological polar surface area (TPSA) is 45.1 Å². The molecule has 5 nitrogen and oxygen atoms in total. The van der Waals surface area contributed by atoms with Crippen LogP contribution in [0.15, 0.2) is 96.1 Å². The lowest BCUT2D eigenvalue weighted by Gasteiger charge is -2.47. The van der Waals surface area contributed by atoms with E-state index in [1.54, 1.807) is 0 Å². The molecule has 3 aromatic carbocycles. The number of rotatable bonds is 4. The maximum absolute atomic E-state index is 13.0. The SMILES string of the molecule is C[C@H]1C2=NN(c3ccccc3)[C@H](c3ccccc3)[C@H]2[C@@H]2[C@H](Oc3ccccc3)C(=O)N21. The molecule has 2 saturated heterocycles. The third-order valence-electron chi connectivity index (χ3n) is 6.68. The summed E-state index contributed by atoms with van der Waals surface area (Å²) in [5, 5.41) is 7.21. The Hall–Kier alpha value is -3.60. The lowest BCUT2D eigenvalue weighted by molar-refractivity contribution is -0.164. The molecule has 6 rings (SSSR count). The zero-order valence-corrected chi connectivity index (χ0v) is 17.2. The standard InChI is InChI=1S/C26H23N3O2/c1-17-22-21(24-25(26(30)28(17)24)31-20-15-9-4-10-16-20)23(18-11-5-2-6-12-18)29(27-22)19-13-7-3-8-14-19/h2-17,21,23-25H,1H3/t17-,21-,23+,24+,25-/m0/s1.